The molecule has 0 fully saturated rings. The van der Waals surface area contributed by atoms with Gasteiger partial charge >= 0.3 is 0 Å². The predicted octanol–water partition coefficient (Wildman–Crippen LogP) is 4.39. The number of rotatable bonds is 1. The minimum atomic E-state index is 0.660. The molecule has 5 nitrogen and oxygen atoms in total. The van der Waals surface area contributed by atoms with Gasteiger partial charge < -0.3 is 9.32 Å². The molecule has 1 radical (unpaired) electrons. The van der Waals surface area contributed by atoms with Crippen LogP contribution in [0.4, 0.5) is 17.2 Å². The summed E-state index contributed by atoms with van der Waals surface area (Å²) in [6.07, 6.45) is 3.57. The third-order valence-corrected chi connectivity index (χ3v) is 4.50. The third kappa shape index (κ3) is 1.69. The molecule has 0 spiro atoms. The summed E-state index contributed by atoms with van der Waals surface area (Å²) in [7, 11) is 2.02. The van der Waals surface area contributed by atoms with Crippen molar-refractivity contribution in [2.45, 2.75) is 6.92 Å². The molecule has 3 aromatic heterocycles. The maximum absolute atomic E-state index is 6.11. The van der Waals surface area contributed by atoms with Gasteiger partial charge in [0.1, 0.15) is 6.67 Å². The molecule has 5 heteroatoms. The Bertz CT molecular complexity index is 1090. The minimum Gasteiger partial charge on any atom is -0.435 e. The molecule has 1 aliphatic heterocycles. The third-order valence-electron chi connectivity index (χ3n) is 4.50. The van der Waals surface area contributed by atoms with E-state index in [2.05, 4.69) is 44.9 Å². The molecule has 117 valence electrons. The Kier molecular flexibility index (Phi) is 2.62. The van der Waals surface area contributed by atoms with Gasteiger partial charge in [-0.05, 0) is 36.8 Å². The molecule has 4 aromatic rings. The van der Waals surface area contributed by atoms with Crippen molar-refractivity contribution in [1.82, 2.24) is 9.97 Å². The molecule has 1 aromatic carbocycles. The van der Waals surface area contributed by atoms with Crippen LogP contribution in [0.1, 0.15) is 5.56 Å². The van der Waals surface area contributed by atoms with Crippen molar-refractivity contribution in [2.24, 2.45) is 0 Å². The molecule has 0 saturated heterocycles. The first-order chi connectivity index (χ1) is 11.7. The van der Waals surface area contributed by atoms with Gasteiger partial charge in [0.25, 0.3) is 0 Å². The number of furan rings is 1. The number of hydrogen-bond acceptors (Lipinski definition) is 5. The fourth-order valence-corrected chi connectivity index (χ4v) is 3.36. The van der Waals surface area contributed by atoms with E-state index in [1.54, 1.807) is 6.20 Å². The summed E-state index contributed by atoms with van der Waals surface area (Å²) in [5.74, 6) is 0.906. The Morgan fingerprint density at radius 1 is 0.958 bits per heavy atom. The van der Waals surface area contributed by atoms with Gasteiger partial charge in [0, 0.05) is 30.2 Å². The molecule has 0 amide bonds. The number of fused-ring (bicyclic) bond motifs is 4. The number of benzene rings is 1. The molecule has 0 aliphatic carbocycles. The van der Waals surface area contributed by atoms with Crippen LogP contribution >= 0.6 is 0 Å². The Labute approximate surface area is 139 Å². The van der Waals surface area contributed by atoms with Crippen molar-refractivity contribution in [3.8, 4) is 0 Å². The molecule has 0 bridgehead atoms. The Hall–Kier alpha value is -3.08. The van der Waals surface area contributed by atoms with E-state index in [9.17, 15) is 0 Å². The normalized spacial score (nSPS) is 13.9. The van der Waals surface area contributed by atoms with Crippen molar-refractivity contribution in [1.29, 1.82) is 0 Å². The van der Waals surface area contributed by atoms with Crippen LogP contribution in [-0.4, -0.2) is 17.0 Å². The summed E-state index contributed by atoms with van der Waals surface area (Å²) in [5.41, 5.74) is 4.71. The summed E-state index contributed by atoms with van der Waals surface area (Å²) in [6, 6.07) is 12.2. The maximum Gasteiger partial charge on any atom is 0.227 e. The molecule has 1 aliphatic rings. The van der Waals surface area contributed by atoms with E-state index in [1.807, 2.05) is 38.1 Å². The Morgan fingerprint density at radius 2 is 1.79 bits per heavy atom. The number of pyridine rings is 2. The van der Waals surface area contributed by atoms with Gasteiger partial charge in [0.05, 0.1) is 11.4 Å². The van der Waals surface area contributed by atoms with Crippen LogP contribution in [0.25, 0.3) is 22.1 Å². The van der Waals surface area contributed by atoms with Crippen LogP contribution in [0.3, 0.4) is 0 Å². The van der Waals surface area contributed by atoms with Gasteiger partial charge in [-0.25, -0.2) is 9.97 Å². The number of anilines is 3. The topological polar surface area (TPSA) is 45.4 Å². The summed E-state index contributed by atoms with van der Waals surface area (Å²) in [6.45, 7) is 4.13. The van der Waals surface area contributed by atoms with E-state index >= 15 is 0 Å². The van der Waals surface area contributed by atoms with Crippen molar-refractivity contribution < 1.29 is 4.42 Å². The van der Waals surface area contributed by atoms with E-state index < -0.39 is 0 Å². The lowest BCUT2D eigenvalue weighted by atomic mass is 10.1. The number of nitrogens with zero attached hydrogens (tertiary/aromatic N) is 4. The predicted molar refractivity (Wildman–Crippen MR) is 95.3 cm³/mol. The Balaban J connectivity index is 1.83. The standard InChI is InChI=1S/C19H15N4O/c1-12-7-8-13-14-5-3-10-21-19(14)24-17(13)16(12)23-11-22(2)15-6-4-9-20-18(15)23/h3-11H,1-2H3. The van der Waals surface area contributed by atoms with Crippen molar-refractivity contribution >= 4 is 39.3 Å². The number of hydrogen-bond donors (Lipinski definition) is 0. The van der Waals surface area contributed by atoms with Crippen LogP contribution < -0.4 is 9.80 Å². The minimum absolute atomic E-state index is 0.660. The zero-order valence-corrected chi connectivity index (χ0v) is 13.4. The van der Waals surface area contributed by atoms with E-state index in [1.165, 1.54) is 0 Å². The van der Waals surface area contributed by atoms with Crippen LogP contribution in [0.2, 0.25) is 0 Å². The second kappa shape index (κ2) is 4.71. The second-order valence-corrected chi connectivity index (χ2v) is 6.01. The lowest BCUT2D eigenvalue weighted by Crippen LogP contribution is -2.18. The van der Waals surface area contributed by atoms with Crippen molar-refractivity contribution in [3.05, 3.63) is 61.0 Å². The van der Waals surface area contributed by atoms with Gasteiger partial charge in [0.2, 0.25) is 5.71 Å². The largest absolute Gasteiger partial charge is 0.435 e. The second-order valence-electron chi connectivity index (χ2n) is 6.01. The highest BCUT2D eigenvalue weighted by molar-refractivity contribution is 6.09. The van der Waals surface area contributed by atoms with E-state index in [0.717, 1.165) is 39.1 Å². The molecule has 4 heterocycles. The average molecular weight is 315 g/mol. The lowest BCUT2D eigenvalue weighted by molar-refractivity contribution is 0.653. The van der Waals surface area contributed by atoms with Gasteiger partial charge in [-0.3, -0.25) is 4.90 Å². The number of aromatic nitrogens is 2. The molecule has 5 rings (SSSR count). The first kappa shape index (κ1) is 13.4. The van der Waals surface area contributed by atoms with E-state index in [0.29, 0.717) is 5.71 Å². The monoisotopic (exact) mass is 315 g/mol. The molecular weight excluding hydrogens is 300 g/mol. The maximum atomic E-state index is 6.11. The highest BCUT2D eigenvalue weighted by atomic mass is 16.3. The summed E-state index contributed by atoms with van der Waals surface area (Å²) >= 11 is 0. The summed E-state index contributed by atoms with van der Waals surface area (Å²) < 4.78 is 6.11. The summed E-state index contributed by atoms with van der Waals surface area (Å²) in [5, 5.41) is 2.10. The SMILES string of the molecule is Cc1ccc2c(oc3ncccc32)c1N1[CH]N(C)c2cccnc21. The fourth-order valence-electron chi connectivity index (χ4n) is 3.36. The smallest absolute Gasteiger partial charge is 0.227 e. The first-order valence-electron chi connectivity index (χ1n) is 7.83. The van der Waals surface area contributed by atoms with Crippen LogP contribution in [0, 0.1) is 13.6 Å². The molecule has 0 N–H and O–H groups in total. The quantitative estimate of drug-likeness (QED) is 0.521. The first-order valence-corrected chi connectivity index (χ1v) is 7.83. The lowest BCUT2D eigenvalue weighted by Gasteiger charge is -2.20. The highest BCUT2D eigenvalue weighted by Gasteiger charge is 2.30. The van der Waals surface area contributed by atoms with Gasteiger partial charge in [-0.1, -0.05) is 12.1 Å². The molecular formula is C19H15N4O. The zero-order chi connectivity index (χ0) is 16.3. The fraction of sp³-hybridized carbons (Fsp3) is 0.105. The van der Waals surface area contributed by atoms with Gasteiger partial charge in [-0.2, -0.15) is 0 Å². The summed E-state index contributed by atoms with van der Waals surface area (Å²) in [4.78, 5) is 13.1. The van der Waals surface area contributed by atoms with Crippen molar-refractivity contribution in [3.63, 3.8) is 0 Å². The van der Waals surface area contributed by atoms with Gasteiger partial charge in [0.15, 0.2) is 11.4 Å². The highest BCUT2D eigenvalue weighted by Crippen LogP contribution is 2.45. The molecule has 0 unspecified atom stereocenters. The molecule has 24 heavy (non-hydrogen) atoms. The molecule has 0 saturated carbocycles. The number of aryl methyl sites for hydroxylation is 1. The van der Waals surface area contributed by atoms with Crippen LogP contribution in [0.15, 0.2) is 53.2 Å². The van der Waals surface area contributed by atoms with Crippen molar-refractivity contribution in [2.75, 3.05) is 16.8 Å². The van der Waals surface area contributed by atoms with Crippen LogP contribution in [-0.2, 0) is 0 Å². The van der Waals surface area contributed by atoms with E-state index in [-0.39, 0.29) is 0 Å². The molecule has 0 atom stereocenters. The zero-order valence-electron chi connectivity index (χ0n) is 13.4. The average Bonchev–Trinajstić information content (AvgIpc) is 3.13. The van der Waals surface area contributed by atoms with Crippen LogP contribution in [0.5, 0.6) is 0 Å². The van der Waals surface area contributed by atoms with E-state index in [4.69, 9.17) is 4.42 Å². The Morgan fingerprint density at radius 3 is 2.71 bits per heavy atom. The van der Waals surface area contributed by atoms with Gasteiger partial charge in [-0.15, -0.1) is 0 Å².